The van der Waals surface area contributed by atoms with E-state index in [-0.39, 0.29) is 25.0 Å². The third-order valence-electron chi connectivity index (χ3n) is 6.86. The minimum absolute atomic E-state index is 0.0420. The van der Waals surface area contributed by atoms with E-state index in [1.807, 2.05) is 44.0 Å². The molecule has 4 rings (SSSR count). The highest BCUT2D eigenvalue weighted by Crippen LogP contribution is 2.30. The van der Waals surface area contributed by atoms with Crippen molar-refractivity contribution in [2.24, 2.45) is 0 Å². The number of likely N-dealkylation sites (tertiary alicyclic amines) is 1. The molecule has 1 atom stereocenters. The molecule has 0 spiro atoms. The molecule has 186 valence electrons. The van der Waals surface area contributed by atoms with Crippen molar-refractivity contribution in [3.63, 3.8) is 0 Å². The summed E-state index contributed by atoms with van der Waals surface area (Å²) in [5, 5.41) is 17.7. The van der Waals surface area contributed by atoms with E-state index in [2.05, 4.69) is 15.1 Å². The van der Waals surface area contributed by atoms with Crippen LogP contribution in [0.25, 0.3) is 0 Å². The number of nitrogens with one attached hydrogen (secondary N) is 1. The fraction of sp³-hybridized carbons (Fsp3) is 0.600. The van der Waals surface area contributed by atoms with E-state index in [0.29, 0.717) is 39.1 Å². The maximum atomic E-state index is 13.3. The average molecular weight is 491 g/mol. The molecule has 0 unspecified atom stereocenters. The maximum absolute atomic E-state index is 13.3. The number of hydrogen-bond acceptors (Lipinski definition) is 6. The summed E-state index contributed by atoms with van der Waals surface area (Å²) in [5.74, 6) is 0.763. The molecule has 0 radical (unpaired) electrons. The summed E-state index contributed by atoms with van der Waals surface area (Å²) in [4.78, 5) is 17.4. The molecular formula is C25H35ClN4O4. The van der Waals surface area contributed by atoms with Gasteiger partial charge in [0.25, 0.3) is 0 Å². The summed E-state index contributed by atoms with van der Waals surface area (Å²) in [6.45, 7) is 9.93. The van der Waals surface area contributed by atoms with Crippen LogP contribution in [0.1, 0.15) is 41.6 Å². The van der Waals surface area contributed by atoms with Crippen LogP contribution in [0.15, 0.2) is 18.3 Å². The van der Waals surface area contributed by atoms with Crippen LogP contribution in [0.3, 0.4) is 0 Å². The summed E-state index contributed by atoms with van der Waals surface area (Å²) < 4.78 is 12.6. The number of benzene rings is 1. The van der Waals surface area contributed by atoms with Crippen molar-refractivity contribution in [3.05, 3.63) is 45.7 Å². The van der Waals surface area contributed by atoms with Crippen LogP contribution >= 0.6 is 11.6 Å². The Balaban J connectivity index is 1.51. The quantitative estimate of drug-likeness (QED) is 0.620. The second-order valence-electron chi connectivity index (χ2n) is 9.71. The molecule has 0 bridgehead atoms. The number of aryl methyl sites for hydroxylation is 3. The Morgan fingerprint density at radius 1 is 1.26 bits per heavy atom. The highest BCUT2D eigenvalue weighted by molar-refractivity contribution is 6.32. The first-order valence-corrected chi connectivity index (χ1v) is 12.3. The number of morpholine rings is 1. The topological polar surface area (TPSA) is 90.9 Å². The molecule has 1 amide bonds. The summed E-state index contributed by atoms with van der Waals surface area (Å²) in [6, 6.07) is 3.85. The van der Waals surface area contributed by atoms with Crippen LogP contribution < -0.4 is 4.74 Å². The van der Waals surface area contributed by atoms with E-state index >= 15 is 0 Å². The van der Waals surface area contributed by atoms with E-state index in [0.717, 1.165) is 46.2 Å². The number of ether oxygens (including phenoxy) is 2. The second kappa shape index (κ2) is 10.6. The van der Waals surface area contributed by atoms with Crippen molar-refractivity contribution >= 4 is 17.5 Å². The molecule has 9 heteroatoms. The summed E-state index contributed by atoms with van der Waals surface area (Å²) in [6.07, 6.45) is 3.00. The van der Waals surface area contributed by atoms with Crippen LogP contribution in [0, 0.1) is 20.8 Å². The van der Waals surface area contributed by atoms with E-state index < -0.39 is 5.60 Å². The van der Waals surface area contributed by atoms with Crippen LogP contribution in [0.5, 0.6) is 5.75 Å². The molecule has 1 aromatic carbocycles. The van der Waals surface area contributed by atoms with Crippen molar-refractivity contribution in [1.82, 2.24) is 20.0 Å². The number of aliphatic hydroxyl groups is 1. The van der Waals surface area contributed by atoms with Gasteiger partial charge >= 0.3 is 0 Å². The molecular weight excluding hydrogens is 456 g/mol. The fourth-order valence-electron chi connectivity index (χ4n) is 4.79. The number of piperidine rings is 1. The number of amides is 1. The zero-order valence-electron chi connectivity index (χ0n) is 20.3. The highest BCUT2D eigenvalue weighted by atomic mass is 35.5. The maximum Gasteiger partial charge on any atom is 0.225 e. The van der Waals surface area contributed by atoms with Crippen LogP contribution in [0.4, 0.5) is 0 Å². The lowest BCUT2D eigenvalue weighted by atomic mass is 9.95. The van der Waals surface area contributed by atoms with E-state index in [1.165, 1.54) is 0 Å². The van der Waals surface area contributed by atoms with Gasteiger partial charge in [0.2, 0.25) is 5.91 Å². The van der Waals surface area contributed by atoms with E-state index in [9.17, 15) is 9.90 Å². The van der Waals surface area contributed by atoms with Crippen LogP contribution in [-0.2, 0) is 16.1 Å². The Morgan fingerprint density at radius 3 is 2.62 bits per heavy atom. The summed E-state index contributed by atoms with van der Waals surface area (Å²) in [7, 11) is 0. The van der Waals surface area contributed by atoms with Gasteiger partial charge in [0.05, 0.1) is 25.3 Å². The molecule has 2 aromatic rings. The molecule has 0 saturated carbocycles. The standard InChI is InChI=1S/C25H35ClN4O4/c1-17-10-22(11-18(2)24(17)26)33-16-25(12-23(32)30-6-4-21(31)5-7-30)15-29(8-9-34-25)14-20-13-27-28-19(20)3/h10-11,13,21,31H,4-9,12,14-16H2,1-3H3,(H,27,28)/t25-/m1/s1. The molecule has 2 fully saturated rings. The summed E-state index contributed by atoms with van der Waals surface area (Å²) >= 11 is 6.33. The molecule has 1 aromatic heterocycles. The lowest BCUT2D eigenvalue weighted by molar-refractivity contribution is -0.158. The molecule has 2 N–H and O–H groups in total. The predicted molar refractivity (Wildman–Crippen MR) is 130 cm³/mol. The van der Waals surface area contributed by atoms with Gasteiger partial charge in [0.15, 0.2) is 0 Å². The van der Waals surface area contributed by atoms with Gasteiger partial charge in [-0.2, -0.15) is 5.10 Å². The van der Waals surface area contributed by atoms with Crippen molar-refractivity contribution < 1.29 is 19.4 Å². The first-order chi connectivity index (χ1) is 16.2. The molecule has 2 aliphatic rings. The lowest BCUT2D eigenvalue weighted by Crippen LogP contribution is -2.57. The first kappa shape index (κ1) is 25.0. The van der Waals surface area contributed by atoms with E-state index in [4.69, 9.17) is 21.1 Å². The number of hydrogen-bond donors (Lipinski definition) is 2. The third-order valence-corrected chi connectivity index (χ3v) is 7.45. The summed E-state index contributed by atoms with van der Waals surface area (Å²) in [5.41, 5.74) is 3.32. The Hall–Kier alpha value is -2.13. The Labute approximate surface area is 206 Å². The number of aromatic amines is 1. The second-order valence-corrected chi connectivity index (χ2v) is 10.1. The molecule has 2 aliphatic heterocycles. The number of aromatic nitrogens is 2. The molecule has 2 saturated heterocycles. The third kappa shape index (κ3) is 5.92. The van der Waals surface area contributed by atoms with Gasteiger partial charge in [-0.1, -0.05) is 11.6 Å². The zero-order chi connectivity index (χ0) is 24.3. The Kier molecular flexibility index (Phi) is 7.82. The fourth-order valence-corrected chi connectivity index (χ4v) is 4.90. The first-order valence-electron chi connectivity index (χ1n) is 12.0. The minimum Gasteiger partial charge on any atom is -0.490 e. The van der Waals surface area contributed by atoms with Crippen LogP contribution in [0.2, 0.25) is 5.02 Å². The molecule has 34 heavy (non-hydrogen) atoms. The van der Waals surface area contributed by atoms with E-state index in [1.54, 1.807) is 0 Å². The normalized spacial score (nSPS) is 22.2. The van der Waals surface area contributed by atoms with Gasteiger partial charge in [0, 0.05) is 49.0 Å². The monoisotopic (exact) mass is 490 g/mol. The van der Waals surface area contributed by atoms with Crippen LogP contribution in [-0.4, -0.2) is 82.1 Å². The van der Waals surface area contributed by atoms with Gasteiger partial charge < -0.3 is 19.5 Å². The number of halogens is 1. The average Bonchev–Trinajstić information content (AvgIpc) is 3.21. The smallest absolute Gasteiger partial charge is 0.225 e. The van der Waals surface area contributed by atoms with Crippen molar-refractivity contribution in [2.45, 2.75) is 58.3 Å². The molecule has 0 aliphatic carbocycles. The zero-order valence-corrected chi connectivity index (χ0v) is 21.0. The highest BCUT2D eigenvalue weighted by Gasteiger charge is 2.41. The Bertz CT molecular complexity index is 982. The van der Waals surface area contributed by atoms with Gasteiger partial charge in [0.1, 0.15) is 18.0 Å². The predicted octanol–water partition coefficient (Wildman–Crippen LogP) is 3.01. The Morgan fingerprint density at radius 2 is 1.97 bits per heavy atom. The van der Waals surface area contributed by atoms with Crippen molar-refractivity contribution in [3.8, 4) is 5.75 Å². The molecule has 3 heterocycles. The number of rotatable bonds is 7. The SMILES string of the molecule is Cc1cc(OC[C@@]2(CC(=O)N3CCC(O)CC3)CN(Cc3cn[nH]c3C)CCO2)cc(C)c1Cl. The molecule has 8 nitrogen and oxygen atoms in total. The van der Waals surface area contributed by atoms with Crippen molar-refractivity contribution in [1.29, 1.82) is 0 Å². The number of aliphatic hydroxyl groups excluding tert-OH is 1. The van der Waals surface area contributed by atoms with Gasteiger partial charge in [-0.05, 0) is 56.9 Å². The van der Waals surface area contributed by atoms with Crippen molar-refractivity contribution in [2.75, 3.05) is 39.4 Å². The minimum atomic E-state index is -0.773. The van der Waals surface area contributed by atoms with Gasteiger partial charge in [-0.15, -0.1) is 0 Å². The number of H-pyrrole nitrogens is 1. The number of carbonyl (C=O) groups excluding carboxylic acids is 1. The largest absolute Gasteiger partial charge is 0.490 e. The lowest BCUT2D eigenvalue weighted by Gasteiger charge is -2.43. The number of nitrogens with zero attached hydrogens (tertiary/aromatic N) is 3. The van der Waals surface area contributed by atoms with Gasteiger partial charge in [-0.25, -0.2) is 0 Å². The number of carbonyl (C=O) groups is 1. The van der Waals surface area contributed by atoms with Gasteiger partial charge in [-0.3, -0.25) is 14.8 Å².